The quantitative estimate of drug-likeness (QED) is 0.433. The van der Waals surface area contributed by atoms with Crippen LogP contribution in [0.3, 0.4) is 0 Å². The lowest BCUT2D eigenvalue weighted by atomic mass is 9.81. The number of furan rings is 1. The van der Waals surface area contributed by atoms with Crippen molar-refractivity contribution >= 4 is 5.91 Å². The third-order valence-electron chi connectivity index (χ3n) is 9.49. The first-order valence-corrected chi connectivity index (χ1v) is 14.8. The van der Waals surface area contributed by atoms with E-state index in [2.05, 4.69) is 24.0 Å². The van der Waals surface area contributed by atoms with Gasteiger partial charge in [0.05, 0.1) is 17.7 Å². The van der Waals surface area contributed by atoms with Gasteiger partial charge in [-0.05, 0) is 103 Å². The molecule has 1 saturated carbocycles. The molecule has 0 spiro atoms. The number of nitrogens with one attached hydrogen (secondary N) is 1. The van der Waals surface area contributed by atoms with Crippen molar-refractivity contribution in [2.24, 2.45) is 5.92 Å². The van der Waals surface area contributed by atoms with Crippen molar-refractivity contribution in [1.82, 2.24) is 14.8 Å². The van der Waals surface area contributed by atoms with Crippen LogP contribution in [0.25, 0.3) is 11.3 Å². The minimum Gasteiger partial charge on any atom is -0.461 e. The van der Waals surface area contributed by atoms with Gasteiger partial charge in [0.1, 0.15) is 11.5 Å². The van der Waals surface area contributed by atoms with Gasteiger partial charge < -0.3 is 28.7 Å². The number of nitrogens with zero attached hydrogens (tertiary/aromatic N) is 2. The first-order chi connectivity index (χ1) is 19.5. The Kier molecular flexibility index (Phi) is 6.80. The van der Waals surface area contributed by atoms with E-state index in [1.165, 1.54) is 0 Å². The summed E-state index contributed by atoms with van der Waals surface area (Å²) in [5.74, 6) is 2.11. The second-order valence-electron chi connectivity index (χ2n) is 12.5. The van der Waals surface area contributed by atoms with Crippen LogP contribution in [-0.4, -0.2) is 53.2 Å². The molecule has 0 saturated heterocycles. The number of benzene rings is 1. The van der Waals surface area contributed by atoms with E-state index in [0.29, 0.717) is 47.4 Å². The molecule has 41 heavy (non-hydrogen) atoms. The van der Waals surface area contributed by atoms with E-state index in [4.69, 9.17) is 13.9 Å². The van der Waals surface area contributed by atoms with Gasteiger partial charge in [0.25, 0.3) is 17.3 Å². The van der Waals surface area contributed by atoms with E-state index in [1.807, 2.05) is 52.8 Å². The molecule has 1 aliphatic carbocycles. The fourth-order valence-corrected chi connectivity index (χ4v) is 7.11. The fourth-order valence-electron chi connectivity index (χ4n) is 7.11. The predicted octanol–water partition coefficient (Wildman–Crippen LogP) is 5.67. The number of aromatic nitrogens is 1. The summed E-state index contributed by atoms with van der Waals surface area (Å²) < 4.78 is 19.7. The predicted molar refractivity (Wildman–Crippen MR) is 158 cm³/mol. The van der Waals surface area contributed by atoms with E-state index >= 15 is 0 Å². The number of pyridine rings is 1. The van der Waals surface area contributed by atoms with Gasteiger partial charge in [-0.1, -0.05) is 0 Å². The summed E-state index contributed by atoms with van der Waals surface area (Å²) in [6.07, 6.45) is 4.85. The van der Waals surface area contributed by atoms with Crippen molar-refractivity contribution in [2.75, 3.05) is 20.6 Å². The molecule has 3 aliphatic rings. The molecule has 1 aromatic carbocycles. The molecule has 0 bridgehead atoms. The fraction of sp³-hybridized carbons (Fsp3) is 0.515. The zero-order valence-corrected chi connectivity index (χ0v) is 25.3. The van der Waals surface area contributed by atoms with Gasteiger partial charge in [0, 0.05) is 42.2 Å². The highest BCUT2D eigenvalue weighted by atomic mass is 16.7. The van der Waals surface area contributed by atoms with E-state index in [0.717, 1.165) is 59.4 Å². The van der Waals surface area contributed by atoms with Crippen LogP contribution >= 0.6 is 0 Å². The Hall–Kier alpha value is -3.52. The van der Waals surface area contributed by atoms with Crippen LogP contribution in [0.4, 0.5) is 0 Å². The second-order valence-corrected chi connectivity index (χ2v) is 12.5. The van der Waals surface area contributed by atoms with E-state index in [1.54, 1.807) is 4.90 Å². The number of amides is 1. The maximum Gasteiger partial charge on any atom is 0.254 e. The Balaban J connectivity index is 1.40. The Morgan fingerprint density at radius 2 is 1.71 bits per heavy atom. The number of aromatic amines is 1. The molecule has 1 atom stereocenters. The highest BCUT2D eigenvalue weighted by Gasteiger charge is 2.49. The minimum absolute atomic E-state index is 0.0980. The lowest BCUT2D eigenvalue weighted by molar-refractivity contribution is -0.123. The van der Waals surface area contributed by atoms with Crippen LogP contribution in [0, 0.1) is 33.6 Å². The molecule has 0 radical (unpaired) electrons. The molecule has 8 nitrogen and oxygen atoms in total. The standard InChI is InChI=1S/C33H41N3O5/c1-18-16-19(2)34-31(37)25(18)17-36-15-14-24-27(32(36)38)21(4)29-30(28(24)26-13-8-20(3)39-26)41-33(5,40-29)22-9-11-23(12-10-22)35(6)7/h8,13,16,22-23H,9-12,14-15,17H2,1-7H3,(H,34,37)/t22?,23?,33-/m0/s1. The summed E-state index contributed by atoms with van der Waals surface area (Å²) in [5.41, 5.74) is 5.34. The summed E-state index contributed by atoms with van der Waals surface area (Å²) in [4.78, 5) is 33.9. The van der Waals surface area contributed by atoms with Crippen molar-refractivity contribution in [3.05, 3.63) is 67.8 Å². The van der Waals surface area contributed by atoms with Gasteiger partial charge in [0.2, 0.25) is 0 Å². The highest BCUT2D eigenvalue weighted by Crippen LogP contribution is 2.55. The van der Waals surface area contributed by atoms with Crippen molar-refractivity contribution in [1.29, 1.82) is 0 Å². The van der Waals surface area contributed by atoms with E-state index < -0.39 is 5.79 Å². The van der Waals surface area contributed by atoms with Gasteiger partial charge in [-0.3, -0.25) is 9.59 Å². The Morgan fingerprint density at radius 1 is 1.00 bits per heavy atom. The molecule has 1 N–H and O–H groups in total. The first-order valence-electron chi connectivity index (χ1n) is 14.8. The number of ether oxygens (including phenoxy) is 2. The summed E-state index contributed by atoms with van der Waals surface area (Å²) in [5, 5.41) is 0. The van der Waals surface area contributed by atoms with Crippen molar-refractivity contribution < 1.29 is 18.7 Å². The zero-order valence-electron chi connectivity index (χ0n) is 25.3. The maximum atomic E-state index is 14.2. The van der Waals surface area contributed by atoms with Crippen LogP contribution < -0.4 is 15.0 Å². The lowest BCUT2D eigenvalue weighted by Gasteiger charge is -2.39. The number of H-pyrrole nitrogens is 1. The Bertz CT molecular complexity index is 1580. The number of aryl methyl sites for hydroxylation is 3. The molecule has 1 amide bonds. The topological polar surface area (TPSA) is 88.0 Å². The molecule has 3 aromatic rings. The molecule has 2 aromatic heterocycles. The average Bonchev–Trinajstić information content (AvgIpc) is 3.51. The Labute approximate surface area is 241 Å². The monoisotopic (exact) mass is 559 g/mol. The van der Waals surface area contributed by atoms with Crippen LogP contribution in [-0.2, 0) is 13.0 Å². The van der Waals surface area contributed by atoms with Crippen LogP contribution in [0.15, 0.2) is 27.4 Å². The van der Waals surface area contributed by atoms with Gasteiger partial charge in [-0.2, -0.15) is 0 Å². The smallest absolute Gasteiger partial charge is 0.254 e. The molecule has 2 aliphatic heterocycles. The summed E-state index contributed by atoms with van der Waals surface area (Å²) in [7, 11) is 4.29. The Morgan fingerprint density at radius 3 is 2.34 bits per heavy atom. The molecular formula is C33H41N3O5. The molecule has 1 fully saturated rings. The third-order valence-corrected chi connectivity index (χ3v) is 9.49. The van der Waals surface area contributed by atoms with Gasteiger partial charge >= 0.3 is 0 Å². The number of fused-ring (bicyclic) bond motifs is 2. The van der Waals surface area contributed by atoms with Crippen LogP contribution in [0.1, 0.15) is 76.7 Å². The van der Waals surface area contributed by atoms with Crippen molar-refractivity contribution in [3.63, 3.8) is 0 Å². The van der Waals surface area contributed by atoms with Gasteiger partial charge in [0.15, 0.2) is 11.5 Å². The molecule has 0 unspecified atom stereocenters. The normalized spacial score (nSPS) is 23.8. The van der Waals surface area contributed by atoms with Crippen molar-refractivity contribution in [2.45, 2.75) is 85.1 Å². The molecule has 8 heteroatoms. The molecular weight excluding hydrogens is 518 g/mol. The van der Waals surface area contributed by atoms with Crippen LogP contribution in [0.2, 0.25) is 0 Å². The van der Waals surface area contributed by atoms with Crippen molar-refractivity contribution in [3.8, 4) is 22.8 Å². The zero-order chi connectivity index (χ0) is 29.2. The summed E-state index contributed by atoms with van der Waals surface area (Å²) in [6, 6.07) is 6.41. The van der Waals surface area contributed by atoms with E-state index in [9.17, 15) is 9.59 Å². The average molecular weight is 560 g/mol. The number of carbonyl (C=O) groups is 1. The minimum atomic E-state index is -0.820. The maximum absolute atomic E-state index is 14.2. The highest BCUT2D eigenvalue weighted by molar-refractivity contribution is 6.02. The lowest BCUT2D eigenvalue weighted by Crippen LogP contribution is -2.46. The van der Waals surface area contributed by atoms with Gasteiger partial charge in [-0.25, -0.2) is 0 Å². The number of carbonyl (C=O) groups excluding carboxylic acids is 1. The SMILES string of the molecule is Cc1cc(C)c(CN2CCc3c(c(C)c4c(c3-c3ccc(C)o3)O[C@@](C)(C3CCC(N(C)C)CC3)O4)C2=O)c(=O)[nH]1. The second kappa shape index (κ2) is 10.1. The summed E-state index contributed by atoms with van der Waals surface area (Å²) in [6.45, 7) is 10.5. The van der Waals surface area contributed by atoms with Gasteiger partial charge in [-0.15, -0.1) is 0 Å². The number of hydrogen-bond donors (Lipinski definition) is 1. The molecule has 218 valence electrons. The number of hydrogen-bond acceptors (Lipinski definition) is 6. The summed E-state index contributed by atoms with van der Waals surface area (Å²) >= 11 is 0. The third kappa shape index (κ3) is 4.66. The van der Waals surface area contributed by atoms with E-state index in [-0.39, 0.29) is 23.9 Å². The molecule has 4 heterocycles. The van der Waals surface area contributed by atoms with Crippen LogP contribution in [0.5, 0.6) is 11.5 Å². The molecule has 6 rings (SSSR count). The first kappa shape index (κ1) is 27.6. The largest absolute Gasteiger partial charge is 0.461 e. The number of rotatable bonds is 5.